The Morgan fingerprint density at radius 2 is 1.00 bits per heavy atom. The van der Waals surface area contributed by atoms with Gasteiger partial charge in [-0.15, -0.1) is 0 Å². The molecule has 5 nitrogen and oxygen atoms in total. The molecule has 1 N–H and O–H groups in total. The molecule has 5 heteroatoms. The number of aliphatic hydroxyl groups is 1. The number of aliphatic hydroxyl groups excluding tert-OH is 1. The number of esters is 2. The number of rotatable bonds is 31. The highest BCUT2D eigenvalue weighted by atomic mass is 16.6. The molecule has 248 valence electrons. The van der Waals surface area contributed by atoms with Crippen LogP contribution in [0.4, 0.5) is 0 Å². The van der Waals surface area contributed by atoms with Crippen LogP contribution in [0, 0.1) is 0 Å². The fourth-order valence-corrected chi connectivity index (χ4v) is 4.72. The van der Waals surface area contributed by atoms with E-state index in [-0.39, 0.29) is 25.2 Å². The average molecular weight is 603 g/mol. The molecule has 0 rings (SSSR count). The first-order valence-corrected chi connectivity index (χ1v) is 17.7. The van der Waals surface area contributed by atoms with Gasteiger partial charge in [-0.1, -0.05) is 146 Å². The van der Waals surface area contributed by atoms with Crippen molar-refractivity contribution in [3.05, 3.63) is 48.6 Å². The molecule has 0 unspecified atom stereocenters. The maximum Gasteiger partial charge on any atom is 0.306 e. The van der Waals surface area contributed by atoms with Crippen molar-refractivity contribution in [1.82, 2.24) is 0 Å². The number of allylic oxidation sites excluding steroid dienone is 8. The fraction of sp³-hybridized carbons (Fsp3) is 0.737. The largest absolute Gasteiger partial charge is 0.462 e. The highest BCUT2D eigenvalue weighted by molar-refractivity contribution is 5.70. The van der Waals surface area contributed by atoms with E-state index in [1.54, 1.807) is 0 Å². The first kappa shape index (κ1) is 40.9. The van der Waals surface area contributed by atoms with E-state index in [1.807, 2.05) is 0 Å². The van der Waals surface area contributed by atoms with Gasteiger partial charge in [-0.05, 0) is 51.4 Å². The van der Waals surface area contributed by atoms with Crippen molar-refractivity contribution in [2.24, 2.45) is 0 Å². The van der Waals surface area contributed by atoms with Gasteiger partial charge < -0.3 is 14.6 Å². The highest BCUT2D eigenvalue weighted by Gasteiger charge is 2.16. The molecular formula is C38H66O5. The molecule has 0 saturated carbocycles. The molecular weight excluding hydrogens is 536 g/mol. The van der Waals surface area contributed by atoms with Gasteiger partial charge in [-0.25, -0.2) is 0 Å². The molecule has 0 spiro atoms. The van der Waals surface area contributed by atoms with Gasteiger partial charge in [0.15, 0.2) is 6.10 Å². The van der Waals surface area contributed by atoms with Crippen LogP contribution in [0.5, 0.6) is 0 Å². The van der Waals surface area contributed by atoms with Gasteiger partial charge >= 0.3 is 11.9 Å². The summed E-state index contributed by atoms with van der Waals surface area (Å²) >= 11 is 0. The van der Waals surface area contributed by atoms with Gasteiger partial charge in [0.2, 0.25) is 0 Å². The lowest BCUT2D eigenvalue weighted by Crippen LogP contribution is -2.28. The zero-order valence-electron chi connectivity index (χ0n) is 28.0. The van der Waals surface area contributed by atoms with Crippen molar-refractivity contribution in [3.8, 4) is 0 Å². The molecule has 43 heavy (non-hydrogen) atoms. The molecule has 1 atom stereocenters. The Morgan fingerprint density at radius 3 is 1.51 bits per heavy atom. The van der Waals surface area contributed by atoms with Crippen LogP contribution >= 0.6 is 0 Å². The van der Waals surface area contributed by atoms with E-state index in [4.69, 9.17) is 9.47 Å². The minimum Gasteiger partial charge on any atom is -0.462 e. The molecule has 0 fully saturated rings. The third-order valence-corrected chi connectivity index (χ3v) is 7.39. The molecule has 0 amide bonds. The Bertz CT molecular complexity index is 737. The summed E-state index contributed by atoms with van der Waals surface area (Å²) in [6, 6.07) is 0. The molecule has 0 aliphatic heterocycles. The molecule has 0 heterocycles. The van der Waals surface area contributed by atoms with Crippen LogP contribution in [-0.2, 0) is 19.1 Å². The number of hydrogen-bond donors (Lipinski definition) is 1. The Kier molecular flexibility index (Phi) is 32.6. The molecule has 0 bridgehead atoms. The lowest BCUT2D eigenvalue weighted by molar-refractivity contribution is -0.161. The minimum atomic E-state index is -0.785. The number of hydrogen-bond acceptors (Lipinski definition) is 5. The fourth-order valence-electron chi connectivity index (χ4n) is 4.72. The van der Waals surface area contributed by atoms with Gasteiger partial charge in [0.1, 0.15) is 6.61 Å². The molecule has 0 aliphatic rings. The second kappa shape index (κ2) is 34.4. The SMILES string of the molecule is CC/C=C\C/C=C\C/C=C\C/C=C\CCCCC(=O)OC[C@H](CO)OC(=O)CCCCCCCCCCCCCCCC. The van der Waals surface area contributed by atoms with Gasteiger partial charge in [0.05, 0.1) is 6.61 Å². The summed E-state index contributed by atoms with van der Waals surface area (Å²) in [5, 5.41) is 9.51. The van der Waals surface area contributed by atoms with Crippen LogP contribution < -0.4 is 0 Å². The first-order valence-electron chi connectivity index (χ1n) is 17.7. The number of ether oxygens (including phenoxy) is 2. The summed E-state index contributed by atoms with van der Waals surface area (Å²) in [5.41, 5.74) is 0. The van der Waals surface area contributed by atoms with E-state index in [1.165, 1.54) is 70.6 Å². The van der Waals surface area contributed by atoms with Crippen molar-refractivity contribution in [3.63, 3.8) is 0 Å². The lowest BCUT2D eigenvalue weighted by atomic mass is 10.0. The molecule has 0 aliphatic carbocycles. The predicted octanol–water partition coefficient (Wildman–Crippen LogP) is 10.7. The van der Waals surface area contributed by atoms with Crippen molar-refractivity contribution in [2.45, 2.75) is 168 Å². The molecule has 0 saturated heterocycles. The van der Waals surface area contributed by atoms with Crippen molar-refractivity contribution in [1.29, 1.82) is 0 Å². The number of carbonyl (C=O) groups excluding carboxylic acids is 2. The topological polar surface area (TPSA) is 72.8 Å². The quantitative estimate of drug-likeness (QED) is 0.0485. The zero-order chi connectivity index (χ0) is 31.5. The van der Waals surface area contributed by atoms with Crippen LogP contribution in [0.25, 0.3) is 0 Å². The monoisotopic (exact) mass is 602 g/mol. The minimum absolute atomic E-state index is 0.0866. The molecule has 0 aromatic heterocycles. The average Bonchev–Trinajstić information content (AvgIpc) is 3.01. The van der Waals surface area contributed by atoms with Crippen LogP contribution in [0.2, 0.25) is 0 Å². The summed E-state index contributed by atoms with van der Waals surface area (Å²) in [5.74, 6) is -0.640. The smallest absolute Gasteiger partial charge is 0.306 e. The third kappa shape index (κ3) is 32.6. The standard InChI is InChI=1S/C38H66O5/c1-3-5-7-9-11-13-15-17-19-21-22-24-26-28-30-32-37(40)42-35-36(34-39)43-38(41)33-31-29-27-25-23-20-18-16-14-12-10-8-6-4-2/h5,7,11,13,17,19,22,24,36,39H,3-4,6,8-10,12,14-16,18,20-21,23,25-35H2,1-2H3/b7-5-,13-11-,19-17-,24-22-/t36-/m0/s1. The third-order valence-electron chi connectivity index (χ3n) is 7.39. The van der Waals surface area contributed by atoms with E-state index >= 15 is 0 Å². The summed E-state index contributed by atoms with van der Waals surface area (Å²) in [6.07, 6.45) is 41.6. The molecule has 0 radical (unpaired) electrons. The van der Waals surface area contributed by atoms with E-state index < -0.39 is 6.10 Å². The Morgan fingerprint density at radius 1 is 0.558 bits per heavy atom. The maximum absolute atomic E-state index is 12.1. The van der Waals surface area contributed by atoms with Crippen LogP contribution in [0.3, 0.4) is 0 Å². The van der Waals surface area contributed by atoms with Gasteiger partial charge in [-0.3, -0.25) is 9.59 Å². The maximum atomic E-state index is 12.1. The summed E-state index contributed by atoms with van der Waals surface area (Å²) < 4.78 is 10.5. The van der Waals surface area contributed by atoms with E-state index in [0.717, 1.165) is 64.2 Å². The van der Waals surface area contributed by atoms with Crippen molar-refractivity contribution in [2.75, 3.05) is 13.2 Å². The molecule has 0 aromatic rings. The van der Waals surface area contributed by atoms with Crippen molar-refractivity contribution < 1.29 is 24.2 Å². The van der Waals surface area contributed by atoms with Gasteiger partial charge in [0.25, 0.3) is 0 Å². The Balaban J connectivity index is 3.65. The Labute approximate surface area is 265 Å². The van der Waals surface area contributed by atoms with Crippen LogP contribution in [0.1, 0.15) is 162 Å². The molecule has 0 aromatic carbocycles. The second-order valence-corrected chi connectivity index (χ2v) is 11.6. The Hall–Kier alpha value is -2.14. The summed E-state index contributed by atoms with van der Waals surface area (Å²) in [6.45, 7) is 3.97. The van der Waals surface area contributed by atoms with Crippen molar-refractivity contribution >= 4 is 11.9 Å². The zero-order valence-corrected chi connectivity index (χ0v) is 28.0. The second-order valence-electron chi connectivity index (χ2n) is 11.6. The van der Waals surface area contributed by atoms with E-state index in [0.29, 0.717) is 12.8 Å². The normalized spacial score (nSPS) is 12.7. The number of unbranched alkanes of at least 4 members (excludes halogenated alkanes) is 15. The first-order chi connectivity index (χ1) is 21.1. The van der Waals surface area contributed by atoms with Crippen LogP contribution in [0.15, 0.2) is 48.6 Å². The highest BCUT2D eigenvalue weighted by Crippen LogP contribution is 2.14. The predicted molar refractivity (Wildman–Crippen MR) is 182 cm³/mol. The van der Waals surface area contributed by atoms with Crippen LogP contribution in [-0.4, -0.2) is 36.4 Å². The van der Waals surface area contributed by atoms with Gasteiger partial charge in [0, 0.05) is 12.8 Å². The lowest BCUT2D eigenvalue weighted by Gasteiger charge is -2.15. The van der Waals surface area contributed by atoms with Gasteiger partial charge in [-0.2, -0.15) is 0 Å². The summed E-state index contributed by atoms with van der Waals surface area (Å²) in [7, 11) is 0. The summed E-state index contributed by atoms with van der Waals surface area (Å²) in [4.78, 5) is 24.1. The number of carbonyl (C=O) groups is 2. The van der Waals surface area contributed by atoms with E-state index in [9.17, 15) is 14.7 Å². The van der Waals surface area contributed by atoms with E-state index in [2.05, 4.69) is 62.5 Å².